The van der Waals surface area contributed by atoms with Gasteiger partial charge >= 0.3 is 5.97 Å². The van der Waals surface area contributed by atoms with Crippen LogP contribution in [-0.2, 0) is 11.2 Å². The van der Waals surface area contributed by atoms with E-state index in [2.05, 4.69) is 34.1 Å². The maximum atomic E-state index is 11.0. The summed E-state index contributed by atoms with van der Waals surface area (Å²) in [5.74, 6) is -1.13. The van der Waals surface area contributed by atoms with Crippen molar-refractivity contribution >= 4 is 11.7 Å². The first-order chi connectivity index (χ1) is 10.6. The van der Waals surface area contributed by atoms with Gasteiger partial charge in [-0.2, -0.15) is 0 Å². The van der Waals surface area contributed by atoms with Gasteiger partial charge in [0.1, 0.15) is 0 Å². The molecule has 2 rings (SSSR count). The maximum absolute atomic E-state index is 11.0. The molecular weight excluding hydrogens is 276 g/mol. The van der Waals surface area contributed by atoms with Crippen LogP contribution in [0, 0.1) is 5.92 Å². The van der Waals surface area contributed by atoms with Crippen LogP contribution >= 0.6 is 0 Å². The molecule has 0 spiro atoms. The van der Waals surface area contributed by atoms with Crippen molar-refractivity contribution < 1.29 is 9.90 Å². The van der Waals surface area contributed by atoms with Gasteiger partial charge in [0.25, 0.3) is 0 Å². The van der Waals surface area contributed by atoms with Crippen LogP contribution in [0.25, 0.3) is 0 Å². The summed E-state index contributed by atoms with van der Waals surface area (Å²) in [5.41, 5.74) is 3.53. The fourth-order valence-electron chi connectivity index (χ4n) is 2.39. The van der Waals surface area contributed by atoms with E-state index in [4.69, 9.17) is 5.11 Å². The maximum Gasteiger partial charge on any atom is 0.308 e. The minimum Gasteiger partial charge on any atom is -0.481 e. The second kappa shape index (κ2) is 7.59. The van der Waals surface area contributed by atoms with Crippen molar-refractivity contribution in [1.82, 2.24) is 4.98 Å². The first-order valence-corrected chi connectivity index (χ1v) is 7.55. The SMILES string of the molecule is CCN(CC(C)C(=O)O)c1ccc(Cc2ccncc2)cc1. The zero-order valence-electron chi connectivity index (χ0n) is 13.1. The molecule has 0 radical (unpaired) electrons. The van der Waals surface area contributed by atoms with Gasteiger partial charge in [0.2, 0.25) is 0 Å². The predicted molar refractivity (Wildman–Crippen MR) is 88.2 cm³/mol. The molecule has 4 nitrogen and oxygen atoms in total. The van der Waals surface area contributed by atoms with E-state index in [1.807, 2.05) is 19.1 Å². The molecular formula is C18H22N2O2. The van der Waals surface area contributed by atoms with Crippen molar-refractivity contribution in [3.8, 4) is 0 Å². The van der Waals surface area contributed by atoms with Crippen molar-refractivity contribution in [2.45, 2.75) is 20.3 Å². The summed E-state index contributed by atoms with van der Waals surface area (Å²) in [6.45, 7) is 5.10. The monoisotopic (exact) mass is 298 g/mol. The van der Waals surface area contributed by atoms with E-state index in [-0.39, 0.29) is 5.92 Å². The summed E-state index contributed by atoms with van der Waals surface area (Å²) in [7, 11) is 0. The van der Waals surface area contributed by atoms with Gasteiger partial charge in [-0.05, 0) is 48.7 Å². The molecule has 22 heavy (non-hydrogen) atoms. The molecule has 0 fully saturated rings. The van der Waals surface area contributed by atoms with E-state index < -0.39 is 5.97 Å². The van der Waals surface area contributed by atoms with E-state index in [1.54, 1.807) is 19.3 Å². The van der Waals surface area contributed by atoms with Gasteiger partial charge in [0.05, 0.1) is 5.92 Å². The van der Waals surface area contributed by atoms with Gasteiger partial charge in [-0.1, -0.05) is 19.1 Å². The average Bonchev–Trinajstić information content (AvgIpc) is 2.54. The highest BCUT2D eigenvalue weighted by atomic mass is 16.4. The summed E-state index contributed by atoms with van der Waals surface area (Å²) in [6, 6.07) is 12.4. The number of aromatic nitrogens is 1. The minimum absolute atomic E-state index is 0.378. The number of aliphatic carboxylic acids is 1. The molecule has 1 atom stereocenters. The lowest BCUT2D eigenvalue weighted by Gasteiger charge is -2.25. The molecule has 1 N–H and O–H groups in total. The van der Waals surface area contributed by atoms with Gasteiger partial charge in [-0.3, -0.25) is 9.78 Å². The molecule has 116 valence electrons. The van der Waals surface area contributed by atoms with E-state index in [1.165, 1.54) is 11.1 Å². The Bertz CT molecular complexity index is 596. The number of nitrogens with zero attached hydrogens (tertiary/aromatic N) is 2. The Labute approximate surface area is 131 Å². The summed E-state index contributed by atoms with van der Waals surface area (Å²) in [6.07, 6.45) is 4.48. The van der Waals surface area contributed by atoms with Crippen LogP contribution in [0.4, 0.5) is 5.69 Å². The molecule has 1 aromatic carbocycles. The van der Waals surface area contributed by atoms with E-state index in [0.29, 0.717) is 6.54 Å². The third-order valence-corrected chi connectivity index (χ3v) is 3.76. The van der Waals surface area contributed by atoms with Crippen LogP contribution in [0.2, 0.25) is 0 Å². The number of carboxylic acids is 1. The largest absolute Gasteiger partial charge is 0.481 e. The molecule has 4 heteroatoms. The Hall–Kier alpha value is -2.36. The Balaban J connectivity index is 2.05. The number of rotatable bonds is 7. The predicted octanol–water partition coefficient (Wildman–Crippen LogP) is 3.22. The molecule has 0 aliphatic heterocycles. The van der Waals surface area contributed by atoms with Gasteiger partial charge in [0, 0.05) is 31.2 Å². The number of hydrogen-bond donors (Lipinski definition) is 1. The first-order valence-electron chi connectivity index (χ1n) is 7.55. The second-order valence-corrected chi connectivity index (χ2v) is 5.48. The highest BCUT2D eigenvalue weighted by Crippen LogP contribution is 2.18. The lowest BCUT2D eigenvalue weighted by Crippen LogP contribution is -2.31. The lowest BCUT2D eigenvalue weighted by molar-refractivity contribution is -0.140. The van der Waals surface area contributed by atoms with Crippen molar-refractivity contribution in [2.75, 3.05) is 18.0 Å². The van der Waals surface area contributed by atoms with Crippen LogP contribution in [-0.4, -0.2) is 29.1 Å². The van der Waals surface area contributed by atoms with Crippen molar-refractivity contribution in [1.29, 1.82) is 0 Å². The van der Waals surface area contributed by atoms with E-state index in [9.17, 15) is 4.79 Å². The number of hydrogen-bond acceptors (Lipinski definition) is 3. The fraction of sp³-hybridized carbons (Fsp3) is 0.333. The van der Waals surface area contributed by atoms with Gasteiger partial charge in [-0.25, -0.2) is 0 Å². The zero-order valence-corrected chi connectivity index (χ0v) is 13.1. The third-order valence-electron chi connectivity index (χ3n) is 3.76. The summed E-state index contributed by atoms with van der Waals surface area (Å²) < 4.78 is 0. The van der Waals surface area contributed by atoms with E-state index >= 15 is 0 Å². The topological polar surface area (TPSA) is 53.4 Å². The normalized spacial score (nSPS) is 11.9. The molecule has 2 aromatic rings. The Morgan fingerprint density at radius 1 is 1.14 bits per heavy atom. The standard InChI is InChI=1S/C18H22N2O2/c1-3-20(13-14(2)18(21)22)17-6-4-15(5-7-17)12-16-8-10-19-11-9-16/h4-11,14H,3,12-13H2,1-2H3,(H,21,22). The number of carbonyl (C=O) groups is 1. The van der Waals surface area contributed by atoms with Crippen LogP contribution in [0.3, 0.4) is 0 Å². The van der Waals surface area contributed by atoms with Crippen molar-refractivity contribution in [3.05, 3.63) is 59.9 Å². The summed E-state index contributed by atoms with van der Waals surface area (Å²) in [4.78, 5) is 17.1. The highest BCUT2D eigenvalue weighted by molar-refractivity contribution is 5.70. The number of carboxylic acid groups (broad SMARTS) is 1. The molecule has 1 unspecified atom stereocenters. The second-order valence-electron chi connectivity index (χ2n) is 5.48. The molecule has 0 aliphatic carbocycles. The number of pyridine rings is 1. The van der Waals surface area contributed by atoms with Gasteiger partial charge < -0.3 is 10.0 Å². The Morgan fingerprint density at radius 3 is 2.27 bits per heavy atom. The quantitative estimate of drug-likeness (QED) is 0.852. The molecule has 0 amide bonds. The molecule has 1 heterocycles. The Morgan fingerprint density at radius 2 is 1.73 bits per heavy atom. The zero-order chi connectivity index (χ0) is 15.9. The number of benzene rings is 1. The lowest BCUT2D eigenvalue weighted by atomic mass is 10.1. The molecule has 0 saturated heterocycles. The third kappa shape index (κ3) is 4.32. The molecule has 0 aliphatic rings. The van der Waals surface area contributed by atoms with Crippen molar-refractivity contribution in [3.63, 3.8) is 0 Å². The summed E-state index contributed by atoms with van der Waals surface area (Å²) in [5, 5.41) is 9.05. The first kappa shape index (κ1) is 16.0. The molecule has 0 saturated carbocycles. The van der Waals surface area contributed by atoms with Gasteiger partial charge in [0.15, 0.2) is 0 Å². The van der Waals surface area contributed by atoms with Crippen LogP contribution in [0.15, 0.2) is 48.8 Å². The smallest absolute Gasteiger partial charge is 0.308 e. The number of anilines is 1. The molecule has 1 aromatic heterocycles. The summed E-state index contributed by atoms with van der Waals surface area (Å²) >= 11 is 0. The Kier molecular flexibility index (Phi) is 5.53. The van der Waals surface area contributed by atoms with Crippen LogP contribution < -0.4 is 4.90 Å². The van der Waals surface area contributed by atoms with Gasteiger partial charge in [-0.15, -0.1) is 0 Å². The fourth-order valence-corrected chi connectivity index (χ4v) is 2.39. The minimum atomic E-state index is -0.757. The molecule has 0 bridgehead atoms. The van der Waals surface area contributed by atoms with Crippen LogP contribution in [0.5, 0.6) is 0 Å². The van der Waals surface area contributed by atoms with Crippen LogP contribution in [0.1, 0.15) is 25.0 Å². The highest BCUT2D eigenvalue weighted by Gasteiger charge is 2.15. The average molecular weight is 298 g/mol. The van der Waals surface area contributed by atoms with Crippen molar-refractivity contribution in [2.24, 2.45) is 5.92 Å². The van der Waals surface area contributed by atoms with E-state index in [0.717, 1.165) is 18.7 Å².